The summed E-state index contributed by atoms with van der Waals surface area (Å²) in [6, 6.07) is -21.7. The van der Waals surface area contributed by atoms with Gasteiger partial charge in [0.25, 0.3) is 0 Å². The van der Waals surface area contributed by atoms with Gasteiger partial charge in [0, 0.05) is 10.8 Å². The van der Waals surface area contributed by atoms with E-state index in [1.807, 2.05) is 0 Å². The largest absolute Gasteiger partial charge is 0.456 e. The van der Waals surface area contributed by atoms with Crippen LogP contribution < -0.4 is 0 Å². The van der Waals surface area contributed by atoms with E-state index in [1.54, 1.807) is 0 Å². The second kappa shape index (κ2) is 9.29. The molecule has 0 amide bonds. The van der Waals surface area contributed by atoms with E-state index in [4.69, 9.17) is 27.7 Å². The summed E-state index contributed by atoms with van der Waals surface area (Å²) in [4.78, 5) is 0. The molecule has 0 N–H and O–H groups in total. The van der Waals surface area contributed by atoms with E-state index < -0.39 is 255 Å². The van der Waals surface area contributed by atoms with Gasteiger partial charge in [-0.1, -0.05) is 115 Å². The third kappa shape index (κ3) is 3.74. The van der Waals surface area contributed by atoms with Gasteiger partial charge in [0.05, 0.1) is 35.6 Å². The Morgan fingerprint density at radius 2 is 0.911 bits per heavy atom. The number of furan rings is 1. The van der Waals surface area contributed by atoms with Crippen LogP contribution in [0, 0.1) is 0 Å². The van der Waals surface area contributed by atoms with Crippen LogP contribution in [0.5, 0.6) is 0 Å². The van der Waals surface area contributed by atoms with Crippen LogP contribution in [0.1, 0.15) is 35.6 Å². The molecule has 0 aliphatic carbocycles. The van der Waals surface area contributed by atoms with Crippen LogP contribution in [-0.4, -0.2) is 0 Å². The Morgan fingerprint density at radius 1 is 0.311 bits per heavy atom. The molecule has 0 unspecified atom stereocenters. The lowest BCUT2D eigenvalue weighted by Gasteiger charge is -2.15. The van der Waals surface area contributed by atoms with Crippen molar-refractivity contribution in [1.29, 1.82) is 0 Å². The lowest BCUT2D eigenvalue weighted by molar-refractivity contribution is 0.669. The highest BCUT2D eigenvalue weighted by atomic mass is 16.3. The molecular formula is C44H26O. The summed E-state index contributed by atoms with van der Waals surface area (Å²) in [6.45, 7) is 0. The number of hydrogen-bond donors (Lipinski definition) is 0. The molecule has 9 aromatic carbocycles. The van der Waals surface area contributed by atoms with Gasteiger partial charge in [-0.15, -0.1) is 0 Å². The first kappa shape index (κ1) is 10.3. The topological polar surface area (TPSA) is 13.1 Å². The molecule has 0 saturated carbocycles. The van der Waals surface area contributed by atoms with Crippen LogP contribution in [0.15, 0.2) is 162 Å². The van der Waals surface area contributed by atoms with E-state index in [-0.39, 0.29) is 0 Å². The van der Waals surface area contributed by atoms with Gasteiger partial charge in [0.15, 0.2) is 0 Å². The third-order valence-corrected chi connectivity index (χ3v) is 7.45. The Labute approximate surface area is 296 Å². The van der Waals surface area contributed by atoms with Crippen molar-refractivity contribution in [1.82, 2.24) is 0 Å². The number of benzene rings is 9. The highest BCUT2D eigenvalue weighted by Crippen LogP contribution is 2.41. The molecule has 0 aliphatic rings. The summed E-state index contributed by atoms with van der Waals surface area (Å²) >= 11 is 0. The van der Waals surface area contributed by atoms with Gasteiger partial charge in [0.1, 0.15) is 11.2 Å². The molecular weight excluding hydrogens is 544 g/mol. The second-order valence-electron chi connectivity index (χ2n) is 10.0. The van der Waals surface area contributed by atoms with Crippen molar-refractivity contribution in [3.63, 3.8) is 0 Å². The zero-order chi connectivity index (χ0) is 52.1. The maximum Gasteiger partial charge on any atom is 0.136 e. The lowest BCUT2D eigenvalue weighted by Crippen LogP contribution is -1.88. The minimum Gasteiger partial charge on any atom is -0.456 e. The van der Waals surface area contributed by atoms with Gasteiger partial charge < -0.3 is 4.42 Å². The summed E-state index contributed by atoms with van der Waals surface area (Å²) in [6.07, 6.45) is 0. The predicted octanol–water partition coefficient (Wildman–Crippen LogP) is 12.7. The molecule has 45 heavy (non-hydrogen) atoms. The fraction of sp³-hybridized carbons (Fsp3) is 0. The monoisotopic (exact) mass is 596 g/mol. The van der Waals surface area contributed by atoms with Crippen molar-refractivity contribution in [2.75, 3.05) is 0 Å². The van der Waals surface area contributed by atoms with Crippen LogP contribution >= 0.6 is 0 Å². The molecule has 0 bridgehead atoms. The van der Waals surface area contributed by atoms with Gasteiger partial charge in [-0.25, -0.2) is 0 Å². The first-order valence-corrected chi connectivity index (χ1v) is 13.4. The lowest BCUT2D eigenvalue weighted by atomic mass is 9.89. The smallest absolute Gasteiger partial charge is 0.136 e. The third-order valence-electron chi connectivity index (χ3n) is 7.45. The second-order valence-corrected chi connectivity index (χ2v) is 10.0. The molecule has 10 aromatic rings. The zero-order valence-electron chi connectivity index (χ0n) is 48.4. The Morgan fingerprint density at radius 3 is 1.78 bits per heavy atom. The fourth-order valence-electron chi connectivity index (χ4n) is 5.42. The molecule has 0 spiro atoms. The quantitative estimate of drug-likeness (QED) is 0.143. The molecule has 10 rings (SSSR count). The van der Waals surface area contributed by atoms with Crippen molar-refractivity contribution < 1.29 is 40.1 Å². The van der Waals surface area contributed by atoms with E-state index in [0.29, 0.717) is 0 Å². The Hall–Kier alpha value is -5.92. The molecule has 1 heterocycles. The van der Waals surface area contributed by atoms with Crippen LogP contribution in [0.4, 0.5) is 0 Å². The number of hydrogen-bond acceptors (Lipinski definition) is 1. The van der Waals surface area contributed by atoms with Crippen molar-refractivity contribution in [3.8, 4) is 22.3 Å². The Balaban J connectivity index is 1.42. The van der Waals surface area contributed by atoms with Crippen LogP contribution in [0.25, 0.3) is 98.1 Å². The number of fused-ring (bicyclic) bond motifs is 9. The molecule has 0 radical (unpaired) electrons. The summed E-state index contributed by atoms with van der Waals surface area (Å²) in [7, 11) is 0. The summed E-state index contributed by atoms with van der Waals surface area (Å²) < 4.78 is 239. The minimum absolute atomic E-state index is 0.401. The minimum atomic E-state index is -0.974. The Bertz CT molecular complexity index is 4290. The average molecular weight is 597 g/mol. The zero-order valence-corrected chi connectivity index (χ0v) is 22.4. The van der Waals surface area contributed by atoms with Gasteiger partial charge >= 0.3 is 0 Å². The van der Waals surface area contributed by atoms with E-state index in [2.05, 4.69) is 0 Å². The van der Waals surface area contributed by atoms with Crippen LogP contribution in [-0.2, 0) is 0 Å². The molecule has 1 aromatic heterocycles. The molecule has 1 heteroatoms. The highest BCUT2D eigenvalue weighted by Gasteiger charge is 2.14. The van der Waals surface area contributed by atoms with Crippen LogP contribution in [0.3, 0.4) is 0 Å². The summed E-state index contributed by atoms with van der Waals surface area (Å²) in [5.41, 5.74) is -3.97. The molecule has 0 atom stereocenters. The molecule has 0 aliphatic heterocycles. The van der Waals surface area contributed by atoms with Crippen LogP contribution in [0.2, 0.25) is 0 Å². The molecule has 1 nitrogen and oxygen atoms in total. The van der Waals surface area contributed by atoms with Crippen molar-refractivity contribution >= 4 is 75.8 Å². The van der Waals surface area contributed by atoms with Crippen molar-refractivity contribution in [3.05, 3.63) is 157 Å². The van der Waals surface area contributed by atoms with E-state index >= 15 is 0 Å². The maximum atomic E-state index is 9.80. The van der Waals surface area contributed by atoms with Gasteiger partial charge in [-0.05, 0) is 118 Å². The van der Waals surface area contributed by atoms with E-state index in [9.17, 15) is 12.3 Å². The van der Waals surface area contributed by atoms with Gasteiger partial charge in [-0.2, -0.15) is 0 Å². The molecule has 0 saturated heterocycles. The first-order chi connectivity index (χ1) is 33.2. The fourth-order valence-corrected chi connectivity index (χ4v) is 5.42. The first-order valence-electron chi connectivity index (χ1n) is 26.4. The van der Waals surface area contributed by atoms with Gasteiger partial charge in [-0.3, -0.25) is 0 Å². The molecule has 208 valence electrons. The SMILES string of the molecule is [2H]c1c(-c2c([2H])c([2H])c3c([2H])c([2H])c(-c4c5c([2H])c([2H])c([2H])c([2H])c5c([2H])c5c4c([2H])c([2H])c4c([2H])c([2H])c([2H])c([2H])c45)c([2H])c3c2[2H])c([2H])c2c(oc3c([2H])c4c([2H])c([2H])c([2H])c([2H])c4c([2H])c32)c1[2H]. The van der Waals surface area contributed by atoms with Crippen molar-refractivity contribution in [2.24, 2.45) is 0 Å². The molecule has 0 fully saturated rings. The highest BCUT2D eigenvalue weighted by molar-refractivity contribution is 6.20. The van der Waals surface area contributed by atoms with E-state index in [1.165, 1.54) is 0 Å². The normalized spacial score (nSPS) is 20.1. The average Bonchev–Trinajstić information content (AvgIpc) is 3.75. The maximum absolute atomic E-state index is 9.80. The van der Waals surface area contributed by atoms with E-state index in [0.717, 1.165) is 0 Å². The van der Waals surface area contributed by atoms with Crippen molar-refractivity contribution in [2.45, 2.75) is 0 Å². The standard InChI is InChI=1S/C44H26O/c1-2-9-30-26-43-41(23-29(30)8-1)40-24-32(18-20-42(40)45-43)31-15-13-27-14-16-34(22-35(27)21-31)44-37-12-6-4-10-33(37)25-39-36-11-5-3-7-28(36)17-19-38(39)44/h1-26H/i1D,2D,3D,4D,5D,6D,7D,8D,9D,10D,11D,12D,13D,14D,15D,16D,17D,18D,19D,20D,21D,22D,23D,24D,25D,26D. The number of rotatable bonds is 2. The predicted molar refractivity (Wildman–Crippen MR) is 192 cm³/mol. The summed E-state index contributed by atoms with van der Waals surface area (Å²) in [5, 5.41) is -6.54. The Kier molecular flexibility index (Phi) is 2.13. The summed E-state index contributed by atoms with van der Waals surface area (Å²) in [5.74, 6) is 0. The van der Waals surface area contributed by atoms with Gasteiger partial charge in [0.2, 0.25) is 0 Å².